The van der Waals surface area contributed by atoms with E-state index < -0.39 is 0 Å². The van der Waals surface area contributed by atoms with E-state index in [-0.39, 0.29) is 18.2 Å². The lowest BCUT2D eigenvalue weighted by Gasteiger charge is -2.00. The van der Waals surface area contributed by atoms with Crippen molar-refractivity contribution in [3.63, 3.8) is 0 Å². The predicted molar refractivity (Wildman–Crippen MR) is 58.6 cm³/mol. The monoisotopic (exact) mass is 221 g/mol. The van der Waals surface area contributed by atoms with E-state index in [2.05, 4.69) is 4.98 Å². The summed E-state index contributed by atoms with van der Waals surface area (Å²) >= 11 is 0. The first-order chi connectivity index (χ1) is 7.72. The van der Waals surface area contributed by atoms with Crippen LogP contribution in [0.1, 0.15) is 12.5 Å². The number of hydrogen-bond acceptors (Lipinski definition) is 2. The van der Waals surface area contributed by atoms with Gasteiger partial charge in [-0.15, -0.1) is 0 Å². The molecule has 1 heterocycles. The van der Waals surface area contributed by atoms with Crippen molar-refractivity contribution in [3.8, 4) is 0 Å². The maximum atomic E-state index is 13.5. The number of carbonyl (C=O) groups is 1. The summed E-state index contributed by atoms with van der Waals surface area (Å²) in [6.45, 7) is 2.08. The van der Waals surface area contributed by atoms with Crippen LogP contribution in [0.15, 0.2) is 24.4 Å². The van der Waals surface area contributed by atoms with Crippen molar-refractivity contribution in [1.82, 2.24) is 4.98 Å². The zero-order valence-electron chi connectivity index (χ0n) is 8.92. The summed E-state index contributed by atoms with van der Waals surface area (Å²) in [5, 5.41) is 0.468. The van der Waals surface area contributed by atoms with Gasteiger partial charge in [0.1, 0.15) is 5.82 Å². The summed E-state index contributed by atoms with van der Waals surface area (Å²) in [5.74, 6) is -0.662. The lowest BCUT2D eigenvalue weighted by molar-refractivity contribution is -0.142. The highest BCUT2D eigenvalue weighted by Gasteiger charge is 2.12. The van der Waals surface area contributed by atoms with Crippen molar-refractivity contribution >= 4 is 16.9 Å². The number of halogens is 1. The van der Waals surface area contributed by atoms with Gasteiger partial charge in [-0.1, -0.05) is 6.07 Å². The second kappa shape index (κ2) is 4.35. The third-order valence-corrected chi connectivity index (χ3v) is 2.38. The molecule has 2 aromatic rings. The Bertz CT molecular complexity index is 519. The number of H-pyrrole nitrogens is 1. The molecule has 0 aliphatic carbocycles. The number of aromatic amines is 1. The Balaban J connectivity index is 2.34. The van der Waals surface area contributed by atoms with Crippen molar-refractivity contribution in [2.75, 3.05) is 6.61 Å². The van der Waals surface area contributed by atoms with Gasteiger partial charge in [-0.25, -0.2) is 4.39 Å². The Morgan fingerprint density at radius 3 is 3.06 bits per heavy atom. The molecule has 0 saturated carbocycles. The first kappa shape index (κ1) is 10.7. The maximum Gasteiger partial charge on any atom is 0.310 e. The van der Waals surface area contributed by atoms with Crippen LogP contribution in [0.2, 0.25) is 0 Å². The molecule has 0 aliphatic heterocycles. The molecule has 16 heavy (non-hydrogen) atoms. The molecule has 0 saturated heterocycles. The van der Waals surface area contributed by atoms with E-state index in [9.17, 15) is 9.18 Å². The first-order valence-corrected chi connectivity index (χ1v) is 5.12. The average molecular weight is 221 g/mol. The zero-order chi connectivity index (χ0) is 11.5. The predicted octanol–water partition coefficient (Wildman–Crippen LogP) is 2.41. The molecule has 3 nitrogen and oxygen atoms in total. The highest BCUT2D eigenvalue weighted by Crippen LogP contribution is 2.21. The molecule has 84 valence electrons. The Morgan fingerprint density at radius 2 is 2.31 bits per heavy atom. The second-order valence-corrected chi connectivity index (χ2v) is 3.46. The van der Waals surface area contributed by atoms with Gasteiger partial charge < -0.3 is 9.72 Å². The Hall–Kier alpha value is -1.84. The molecule has 2 rings (SSSR count). The fourth-order valence-electron chi connectivity index (χ4n) is 1.71. The van der Waals surface area contributed by atoms with E-state index in [0.29, 0.717) is 23.1 Å². The van der Waals surface area contributed by atoms with Gasteiger partial charge in [0, 0.05) is 17.1 Å². The SMILES string of the molecule is CCOC(=O)Cc1c[nH]c2cccc(F)c12. The van der Waals surface area contributed by atoms with Gasteiger partial charge in [0.15, 0.2) is 0 Å². The van der Waals surface area contributed by atoms with Crippen molar-refractivity contribution in [2.24, 2.45) is 0 Å². The summed E-state index contributed by atoms with van der Waals surface area (Å²) < 4.78 is 18.4. The lowest BCUT2D eigenvalue weighted by Crippen LogP contribution is -2.07. The normalized spacial score (nSPS) is 10.6. The minimum Gasteiger partial charge on any atom is -0.466 e. The number of hydrogen-bond donors (Lipinski definition) is 1. The van der Waals surface area contributed by atoms with Crippen LogP contribution in [0, 0.1) is 5.82 Å². The third kappa shape index (κ3) is 1.91. The largest absolute Gasteiger partial charge is 0.466 e. The second-order valence-electron chi connectivity index (χ2n) is 3.46. The van der Waals surface area contributed by atoms with E-state index in [0.717, 1.165) is 0 Å². The van der Waals surface area contributed by atoms with Gasteiger partial charge >= 0.3 is 5.97 Å². The lowest BCUT2D eigenvalue weighted by atomic mass is 10.1. The zero-order valence-corrected chi connectivity index (χ0v) is 8.92. The molecule has 0 bridgehead atoms. The molecule has 0 spiro atoms. The number of nitrogens with one attached hydrogen (secondary N) is 1. The topological polar surface area (TPSA) is 42.1 Å². The molecule has 0 amide bonds. The third-order valence-electron chi connectivity index (χ3n) is 2.38. The Kier molecular flexibility index (Phi) is 2.90. The van der Waals surface area contributed by atoms with Crippen LogP contribution in [-0.2, 0) is 16.0 Å². The van der Waals surface area contributed by atoms with Crippen LogP contribution in [0.25, 0.3) is 10.9 Å². The van der Waals surface area contributed by atoms with Gasteiger partial charge in [-0.3, -0.25) is 4.79 Å². The molecule has 0 unspecified atom stereocenters. The number of benzene rings is 1. The molecule has 0 aliphatic rings. The van der Waals surface area contributed by atoms with E-state index in [1.807, 2.05) is 0 Å². The minimum atomic E-state index is -0.341. The van der Waals surface area contributed by atoms with Crippen molar-refractivity contribution < 1.29 is 13.9 Å². The number of aromatic nitrogens is 1. The number of esters is 1. The van der Waals surface area contributed by atoms with Gasteiger partial charge in [0.05, 0.1) is 13.0 Å². The van der Waals surface area contributed by atoms with Gasteiger partial charge in [-0.2, -0.15) is 0 Å². The van der Waals surface area contributed by atoms with Gasteiger partial charge in [0.2, 0.25) is 0 Å². The number of ether oxygens (including phenoxy) is 1. The quantitative estimate of drug-likeness (QED) is 0.809. The molecular formula is C12H12FNO2. The maximum absolute atomic E-state index is 13.5. The molecule has 1 aromatic heterocycles. The van der Waals surface area contributed by atoms with Crippen LogP contribution < -0.4 is 0 Å². The number of fused-ring (bicyclic) bond motifs is 1. The molecule has 1 N–H and O–H groups in total. The van der Waals surface area contributed by atoms with Crippen molar-refractivity contribution in [1.29, 1.82) is 0 Å². The molecule has 0 atom stereocenters. The van der Waals surface area contributed by atoms with Crippen LogP contribution in [0.4, 0.5) is 4.39 Å². The summed E-state index contributed by atoms with van der Waals surface area (Å²) in [6.07, 6.45) is 1.74. The van der Waals surface area contributed by atoms with Crippen LogP contribution >= 0.6 is 0 Å². The molecular weight excluding hydrogens is 209 g/mol. The molecule has 1 aromatic carbocycles. The molecule has 0 fully saturated rings. The summed E-state index contributed by atoms with van der Waals surface area (Å²) in [6, 6.07) is 4.78. The standard InChI is InChI=1S/C12H12FNO2/c1-2-16-11(15)6-8-7-14-10-5-3-4-9(13)12(8)10/h3-5,7,14H,2,6H2,1H3. The minimum absolute atomic E-state index is 0.0920. The van der Waals surface area contributed by atoms with Crippen molar-refractivity contribution in [3.05, 3.63) is 35.8 Å². The van der Waals surface area contributed by atoms with Crippen LogP contribution in [0.5, 0.6) is 0 Å². The summed E-state index contributed by atoms with van der Waals surface area (Å²) in [7, 11) is 0. The first-order valence-electron chi connectivity index (χ1n) is 5.12. The van der Waals surface area contributed by atoms with E-state index in [1.165, 1.54) is 6.07 Å². The number of rotatable bonds is 3. The fraction of sp³-hybridized carbons (Fsp3) is 0.250. The van der Waals surface area contributed by atoms with E-state index >= 15 is 0 Å². The van der Waals surface area contributed by atoms with Crippen LogP contribution in [-0.4, -0.2) is 17.6 Å². The average Bonchev–Trinajstić information content (AvgIpc) is 2.63. The van der Waals surface area contributed by atoms with E-state index in [4.69, 9.17) is 4.74 Å². The molecule has 0 radical (unpaired) electrons. The Morgan fingerprint density at radius 1 is 1.50 bits per heavy atom. The molecule has 4 heteroatoms. The summed E-state index contributed by atoms with van der Waals surface area (Å²) in [5.41, 5.74) is 1.32. The highest BCUT2D eigenvalue weighted by molar-refractivity contribution is 5.87. The van der Waals surface area contributed by atoms with Crippen molar-refractivity contribution in [2.45, 2.75) is 13.3 Å². The smallest absolute Gasteiger partial charge is 0.310 e. The van der Waals surface area contributed by atoms with Gasteiger partial charge in [-0.05, 0) is 24.6 Å². The highest BCUT2D eigenvalue weighted by atomic mass is 19.1. The van der Waals surface area contributed by atoms with Gasteiger partial charge in [0.25, 0.3) is 0 Å². The van der Waals surface area contributed by atoms with Crippen LogP contribution in [0.3, 0.4) is 0 Å². The fourth-order valence-corrected chi connectivity index (χ4v) is 1.71. The van der Waals surface area contributed by atoms with E-state index in [1.54, 1.807) is 25.3 Å². The summed E-state index contributed by atoms with van der Waals surface area (Å²) in [4.78, 5) is 14.2. The number of carbonyl (C=O) groups excluding carboxylic acids is 1. The Labute approximate surface area is 92.2 Å².